The summed E-state index contributed by atoms with van der Waals surface area (Å²) < 4.78 is 6.87. The number of halogens is 1. The zero-order chi connectivity index (χ0) is 11.0. The molecular weight excluding hydrogens is 315 g/mol. The van der Waals surface area contributed by atoms with E-state index in [1.165, 1.54) is 0 Å². The lowest BCUT2D eigenvalue weighted by molar-refractivity contribution is 0.441. The topological polar surface area (TPSA) is 35.0 Å². The van der Waals surface area contributed by atoms with E-state index in [2.05, 4.69) is 44.7 Å². The van der Waals surface area contributed by atoms with E-state index in [1.54, 1.807) is 6.20 Å². The molecule has 0 unspecified atom stereocenters. The Balaban J connectivity index is 2.08. The molecule has 3 nitrogen and oxygen atoms in total. The van der Waals surface area contributed by atoms with Gasteiger partial charge in [-0.05, 0) is 47.6 Å². The molecule has 3 rings (SSSR count). The summed E-state index contributed by atoms with van der Waals surface area (Å²) in [7, 11) is 0. The van der Waals surface area contributed by atoms with Crippen LogP contribution in [0.15, 0.2) is 30.6 Å². The summed E-state index contributed by atoms with van der Waals surface area (Å²) in [6.45, 7) is 0. The maximum Gasteiger partial charge on any atom is 0.224 e. The lowest BCUT2D eigenvalue weighted by atomic mass is 10.1. The van der Waals surface area contributed by atoms with Crippen LogP contribution in [0.3, 0.4) is 0 Å². The molecule has 4 heteroatoms. The number of aryl methyl sites for hydroxylation is 2. The number of rotatable bonds is 0. The lowest BCUT2D eigenvalue weighted by Gasteiger charge is -2.05. The van der Waals surface area contributed by atoms with Gasteiger partial charge in [-0.2, -0.15) is 0 Å². The van der Waals surface area contributed by atoms with E-state index >= 15 is 0 Å². The highest BCUT2D eigenvalue weighted by Crippen LogP contribution is 2.30. The maximum atomic E-state index is 5.73. The van der Waals surface area contributed by atoms with Crippen molar-refractivity contribution in [2.45, 2.75) is 12.8 Å². The van der Waals surface area contributed by atoms with Crippen LogP contribution in [-0.2, 0) is 12.8 Å². The number of hydrogen-bond acceptors (Lipinski definition) is 3. The second-order valence-electron chi connectivity index (χ2n) is 3.69. The molecule has 2 aromatic heterocycles. The van der Waals surface area contributed by atoms with Crippen LogP contribution in [0.1, 0.15) is 11.1 Å². The van der Waals surface area contributed by atoms with Crippen LogP contribution in [0.5, 0.6) is 11.8 Å². The minimum absolute atomic E-state index is 0.690. The van der Waals surface area contributed by atoms with Gasteiger partial charge in [-0.25, -0.2) is 9.97 Å². The lowest BCUT2D eigenvalue weighted by Crippen LogP contribution is -1.93. The third kappa shape index (κ3) is 1.77. The summed E-state index contributed by atoms with van der Waals surface area (Å²) in [6.07, 6.45) is 5.47. The second kappa shape index (κ2) is 4.01. The van der Waals surface area contributed by atoms with Gasteiger partial charge in [0.1, 0.15) is 0 Å². The van der Waals surface area contributed by atoms with Crippen molar-refractivity contribution in [3.63, 3.8) is 0 Å². The van der Waals surface area contributed by atoms with Gasteiger partial charge in [0.2, 0.25) is 11.8 Å². The summed E-state index contributed by atoms with van der Waals surface area (Å²) in [6, 6.07) is 6.11. The Kier molecular flexibility index (Phi) is 2.51. The van der Waals surface area contributed by atoms with Crippen molar-refractivity contribution in [2.75, 3.05) is 0 Å². The summed E-state index contributed by atoms with van der Waals surface area (Å²) in [5.74, 6) is 1.38. The van der Waals surface area contributed by atoms with Crippen molar-refractivity contribution < 1.29 is 4.74 Å². The third-order valence-electron chi connectivity index (χ3n) is 2.60. The fourth-order valence-electron chi connectivity index (χ4n) is 1.81. The van der Waals surface area contributed by atoms with Crippen molar-refractivity contribution in [2.24, 2.45) is 0 Å². The van der Waals surface area contributed by atoms with Gasteiger partial charge in [-0.1, -0.05) is 6.07 Å². The van der Waals surface area contributed by atoms with Crippen molar-refractivity contribution in [3.05, 3.63) is 45.3 Å². The van der Waals surface area contributed by atoms with Gasteiger partial charge in [0.05, 0.1) is 0 Å². The van der Waals surface area contributed by atoms with Gasteiger partial charge in [0.25, 0.3) is 0 Å². The number of pyridine rings is 2. The molecule has 16 heavy (non-hydrogen) atoms. The predicted molar refractivity (Wildman–Crippen MR) is 68.7 cm³/mol. The number of ether oxygens (including phenoxy) is 1. The average molecular weight is 324 g/mol. The molecule has 0 atom stereocenters. The zero-order valence-electron chi connectivity index (χ0n) is 8.48. The van der Waals surface area contributed by atoms with Gasteiger partial charge in [0, 0.05) is 27.1 Å². The Morgan fingerprint density at radius 2 is 1.94 bits per heavy atom. The van der Waals surface area contributed by atoms with Crippen molar-refractivity contribution in [1.82, 2.24) is 9.97 Å². The van der Waals surface area contributed by atoms with Crippen molar-refractivity contribution in [1.29, 1.82) is 0 Å². The van der Waals surface area contributed by atoms with Crippen LogP contribution in [0.2, 0.25) is 0 Å². The van der Waals surface area contributed by atoms with E-state index in [0.717, 1.165) is 27.5 Å². The Morgan fingerprint density at radius 1 is 1.12 bits per heavy atom. The molecule has 0 amide bonds. The van der Waals surface area contributed by atoms with Crippen LogP contribution in [0.4, 0.5) is 0 Å². The molecule has 0 aliphatic carbocycles. The Hall–Kier alpha value is -1.17. The summed E-state index contributed by atoms with van der Waals surface area (Å²) in [5.41, 5.74) is 2.31. The van der Waals surface area contributed by atoms with E-state index in [-0.39, 0.29) is 0 Å². The third-order valence-corrected chi connectivity index (χ3v) is 3.19. The molecule has 0 radical (unpaired) electrons. The smallest absolute Gasteiger partial charge is 0.224 e. The van der Waals surface area contributed by atoms with Gasteiger partial charge >= 0.3 is 0 Å². The first-order valence-corrected chi connectivity index (χ1v) is 6.17. The van der Waals surface area contributed by atoms with Crippen LogP contribution >= 0.6 is 22.6 Å². The molecule has 2 aromatic rings. The minimum atomic E-state index is 0.690. The molecule has 0 N–H and O–H groups in total. The maximum absolute atomic E-state index is 5.73. The first kappa shape index (κ1) is 10.0. The predicted octanol–water partition coefficient (Wildman–Crippen LogP) is 2.97. The van der Waals surface area contributed by atoms with E-state index in [4.69, 9.17) is 4.74 Å². The van der Waals surface area contributed by atoms with Gasteiger partial charge in [-0.15, -0.1) is 0 Å². The number of aromatic nitrogens is 2. The summed E-state index contributed by atoms with van der Waals surface area (Å²) in [4.78, 5) is 8.54. The normalized spacial score (nSPS) is 13.3. The summed E-state index contributed by atoms with van der Waals surface area (Å²) in [5, 5.41) is 0. The number of hydrogen-bond donors (Lipinski definition) is 0. The molecule has 3 heterocycles. The first-order chi connectivity index (χ1) is 7.83. The van der Waals surface area contributed by atoms with E-state index in [0.29, 0.717) is 11.8 Å². The van der Waals surface area contributed by atoms with Crippen LogP contribution in [0.25, 0.3) is 0 Å². The molecule has 0 spiro atoms. The van der Waals surface area contributed by atoms with E-state index in [9.17, 15) is 0 Å². The Morgan fingerprint density at radius 3 is 2.88 bits per heavy atom. The zero-order valence-corrected chi connectivity index (χ0v) is 10.6. The SMILES string of the molecule is Ic1cnc2c(c1)CCc1cccnc1O2. The van der Waals surface area contributed by atoms with Crippen molar-refractivity contribution >= 4 is 22.6 Å². The molecule has 0 aromatic carbocycles. The van der Waals surface area contributed by atoms with E-state index < -0.39 is 0 Å². The van der Waals surface area contributed by atoms with Gasteiger partial charge in [0.15, 0.2) is 0 Å². The Bertz CT molecular complexity index is 542. The highest BCUT2D eigenvalue weighted by Gasteiger charge is 2.16. The molecule has 1 aliphatic heterocycles. The fraction of sp³-hybridized carbons (Fsp3) is 0.167. The number of nitrogens with zero attached hydrogens (tertiary/aromatic N) is 2. The van der Waals surface area contributed by atoms with Crippen LogP contribution in [-0.4, -0.2) is 9.97 Å². The molecule has 1 aliphatic rings. The molecule has 0 fully saturated rings. The fourth-order valence-corrected chi connectivity index (χ4v) is 2.32. The molecule has 80 valence electrons. The minimum Gasteiger partial charge on any atom is -0.420 e. The second-order valence-corrected chi connectivity index (χ2v) is 4.93. The standard InChI is InChI=1S/C12H9IN2O/c13-10-6-9-4-3-8-2-1-5-14-11(8)16-12(9)15-7-10/h1-2,5-7H,3-4H2. The monoisotopic (exact) mass is 324 g/mol. The summed E-state index contributed by atoms with van der Waals surface area (Å²) >= 11 is 2.26. The van der Waals surface area contributed by atoms with Crippen molar-refractivity contribution in [3.8, 4) is 11.8 Å². The largest absolute Gasteiger partial charge is 0.420 e. The van der Waals surface area contributed by atoms with Crippen LogP contribution < -0.4 is 4.74 Å². The van der Waals surface area contributed by atoms with Gasteiger partial charge in [-0.3, -0.25) is 0 Å². The molecular formula is C12H9IN2O. The van der Waals surface area contributed by atoms with Gasteiger partial charge < -0.3 is 4.74 Å². The molecule has 0 saturated carbocycles. The average Bonchev–Trinajstić information content (AvgIpc) is 2.48. The highest BCUT2D eigenvalue weighted by atomic mass is 127. The highest BCUT2D eigenvalue weighted by molar-refractivity contribution is 14.1. The molecule has 0 bridgehead atoms. The first-order valence-electron chi connectivity index (χ1n) is 5.09. The van der Waals surface area contributed by atoms with E-state index in [1.807, 2.05) is 12.3 Å². The molecule has 0 saturated heterocycles. The Labute approximate surface area is 107 Å². The quantitative estimate of drug-likeness (QED) is 0.699. The van der Waals surface area contributed by atoms with Crippen LogP contribution in [0, 0.1) is 3.57 Å². The number of fused-ring (bicyclic) bond motifs is 2.